The highest BCUT2D eigenvalue weighted by atomic mass is 32.2. The van der Waals surface area contributed by atoms with Crippen molar-refractivity contribution in [1.82, 2.24) is 14.2 Å². The summed E-state index contributed by atoms with van der Waals surface area (Å²) in [4.78, 5) is 12.2. The van der Waals surface area contributed by atoms with E-state index in [4.69, 9.17) is 0 Å². The Morgan fingerprint density at radius 1 is 1.00 bits per heavy atom. The molecule has 0 unspecified atom stereocenters. The highest BCUT2D eigenvalue weighted by molar-refractivity contribution is 7.92. The van der Waals surface area contributed by atoms with E-state index in [0.717, 1.165) is 6.07 Å². The van der Waals surface area contributed by atoms with Gasteiger partial charge in [0.1, 0.15) is 5.82 Å². The lowest BCUT2D eigenvalue weighted by atomic mass is 10.2. The molecule has 0 fully saturated rings. The van der Waals surface area contributed by atoms with Gasteiger partial charge in [-0.25, -0.2) is 22.3 Å². The van der Waals surface area contributed by atoms with Gasteiger partial charge in [-0.1, -0.05) is 24.3 Å². The van der Waals surface area contributed by atoms with Gasteiger partial charge in [-0.15, -0.1) is 5.10 Å². The van der Waals surface area contributed by atoms with Crippen molar-refractivity contribution in [2.75, 3.05) is 4.72 Å². The molecule has 1 N–H and O–H groups in total. The number of anilines is 1. The molecule has 0 saturated carbocycles. The van der Waals surface area contributed by atoms with Crippen LogP contribution in [0.3, 0.4) is 0 Å². The molecule has 0 radical (unpaired) electrons. The average Bonchev–Trinajstić information content (AvgIpc) is 2.98. The molecule has 7 nitrogen and oxygen atoms in total. The van der Waals surface area contributed by atoms with Gasteiger partial charge in [-0.05, 0) is 48.0 Å². The predicted octanol–water partition coefficient (Wildman–Crippen LogP) is 2.48. The normalized spacial score (nSPS) is 11.6. The molecule has 9 heteroatoms. The third-order valence-corrected chi connectivity index (χ3v) is 5.49. The summed E-state index contributed by atoms with van der Waals surface area (Å²) in [5.41, 5.74) is 1.22. The molecule has 2 aromatic carbocycles. The van der Waals surface area contributed by atoms with Crippen molar-refractivity contribution in [2.45, 2.75) is 11.4 Å². The molecule has 4 aromatic rings. The Bertz CT molecular complexity index is 1330. The van der Waals surface area contributed by atoms with E-state index in [0.29, 0.717) is 16.9 Å². The van der Waals surface area contributed by atoms with Crippen LogP contribution in [0, 0.1) is 5.82 Å². The summed E-state index contributed by atoms with van der Waals surface area (Å²) >= 11 is 0. The molecule has 28 heavy (non-hydrogen) atoms. The van der Waals surface area contributed by atoms with Gasteiger partial charge in [0.15, 0.2) is 5.65 Å². The smallest absolute Gasteiger partial charge is 0.280 e. The van der Waals surface area contributed by atoms with Gasteiger partial charge in [0.05, 0.1) is 11.4 Å². The number of hydrogen-bond acceptors (Lipinski definition) is 4. The lowest BCUT2D eigenvalue weighted by Gasteiger charge is -2.09. The van der Waals surface area contributed by atoms with Gasteiger partial charge in [-0.3, -0.25) is 9.12 Å². The van der Waals surface area contributed by atoms with E-state index in [1.54, 1.807) is 48.7 Å². The average molecular weight is 398 g/mol. The zero-order valence-electron chi connectivity index (χ0n) is 14.5. The molecule has 4 rings (SSSR count). The first kappa shape index (κ1) is 17.9. The van der Waals surface area contributed by atoms with E-state index in [1.165, 1.54) is 27.3 Å². The monoisotopic (exact) mass is 398 g/mol. The quantitative estimate of drug-likeness (QED) is 0.560. The second-order valence-electron chi connectivity index (χ2n) is 6.13. The van der Waals surface area contributed by atoms with Crippen LogP contribution >= 0.6 is 0 Å². The van der Waals surface area contributed by atoms with Crippen LogP contribution in [0.2, 0.25) is 0 Å². The molecule has 0 atom stereocenters. The lowest BCUT2D eigenvalue weighted by molar-refractivity contribution is 0.595. The maximum atomic E-state index is 13.3. The van der Waals surface area contributed by atoms with Crippen molar-refractivity contribution in [1.29, 1.82) is 0 Å². The zero-order valence-corrected chi connectivity index (χ0v) is 15.3. The Hall–Kier alpha value is -3.46. The first-order valence-corrected chi connectivity index (χ1v) is 9.82. The zero-order chi connectivity index (χ0) is 19.7. The maximum Gasteiger partial charge on any atom is 0.350 e. The van der Waals surface area contributed by atoms with Crippen LogP contribution in [0.1, 0.15) is 5.56 Å². The molecular formula is C19H15FN4O3S. The van der Waals surface area contributed by atoms with Gasteiger partial charge >= 0.3 is 5.69 Å². The first-order chi connectivity index (χ1) is 13.4. The number of sulfonamides is 1. The molecule has 0 bridgehead atoms. The third kappa shape index (κ3) is 3.52. The third-order valence-electron chi connectivity index (χ3n) is 4.11. The summed E-state index contributed by atoms with van der Waals surface area (Å²) in [6, 6.07) is 16.6. The van der Waals surface area contributed by atoms with E-state index in [2.05, 4.69) is 9.82 Å². The number of pyridine rings is 1. The number of halogens is 1. The topological polar surface area (TPSA) is 85.5 Å². The molecule has 0 saturated heterocycles. The largest absolute Gasteiger partial charge is 0.350 e. The van der Waals surface area contributed by atoms with E-state index in [9.17, 15) is 17.6 Å². The second kappa shape index (κ2) is 6.93. The van der Waals surface area contributed by atoms with E-state index in [-0.39, 0.29) is 17.1 Å². The number of aromatic nitrogens is 3. The molecule has 0 aliphatic carbocycles. The maximum absolute atomic E-state index is 13.3. The lowest BCUT2D eigenvalue weighted by Crippen LogP contribution is -2.21. The van der Waals surface area contributed by atoms with Crippen molar-refractivity contribution in [3.63, 3.8) is 0 Å². The molecule has 2 aromatic heterocycles. The summed E-state index contributed by atoms with van der Waals surface area (Å²) in [5.74, 6) is -0.636. The molecule has 0 spiro atoms. The van der Waals surface area contributed by atoms with E-state index >= 15 is 0 Å². The van der Waals surface area contributed by atoms with Crippen LogP contribution in [0.5, 0.6) is 0 Å². The van der Waals surface area contributed by atoms with E-state index < -0.39 is 15.8 Å². The first-order valence-electron chi connectivity index (χ1n) is 8.34. The predicted molar refractivity (Wildman–Crippen MR) is 102 cm³/mol. The summed E-state index contributed by atoms with van der Waals surface area (Å²) in [5, 5.41) is 4.26. The van der Waals surface area contributed by atoms with Gasteiger partial charge in [0.2, 0.25) is 0 Å². The highest BCUT2D eigenvalue weighted by Gasteiger charge is 2.15. The minimum absolute atomic E-state index is 0.172. The molecule has 0 aliphatic rings. The highest BCUT2D eigenvalue weighted by Crippen LogP contribution is 2.18. The Kier molecular flexibility index (Phi) is 4.44. The van der Waals surface area contributed by atoms with Crippen molar-refractivity contribution >= 4 is 21.4 Å². The number of rotatable bonds is 5. The van der Waals surface area contributed by atoms with Crippen molar-refractivity contribution in [2.24, 2.45) is 0 Å². The van der Waals surface area contributed by atoms with Crippen LogP contribution in [0.25, 0.3) is 5.65 Å². The standard InChI is InChI=1S/C19H15FN4O3S/c20-15-6-4-8-17(12-15)28(26,27)22-16-7-3-5-14(11-16)13-24-19(25)23-10-2-1-9-18(23)21-24/h1-12,22H,13H2. The van der Waals surface area contributed by atoms with Crippen molar-refractivity contribution in [3.8, 4) is 0 Å². The summed E-state index contributed by atoms with van der Waals surface area (Å²) < 4.78 is 43.4. The Morgan fingerprint density at radius 2 is 1.82 bits per heavy atom. The number of hydrogen-bond donors (Lipinski definition) is 1. The van der Waals surface area contributed by atoms with Crippen LogP contribution in [-0.4, -0.2) is 22.6 Å². The van der Waals surface area contributed by atoms with Crippen LogP contribution in [-0.2, 0) is 16.6 Å². The van der Waals surface area contributed by atoms with Gasteiger partial charge < -0.3 is 0 Å². The van der Waals surface area contributed by atoms with Crippen LogP contribution < -0.4 is 10.4 Å². The molecular weight excluding hydrogens is 383 g/mol. The number of nitrogens with one attached hydrogen (secondary N) is 1. The van der Waals surface area contributed by atoms with Crippen LogP contribution in [0.4, 0.5) is 10.1 Å². The van der Waals surface area contributed by atoms with Crippen molar-refractivity contribution < 1.29 is 12.8 Å². The summed E-state index contributed by atoms with van der Waals surface area (Å²) in [6.07, 6.45) is 1.63. The Morgan fingerprint density at radius 3 is 2.61 bits per heavy atom. The Balaban J connectivity index is 1.61. The molecule has 0 amide bonds. The Labute approximate surface area is 159 Å². The molecule has 142 valence electrons. The number of fused-ring (bicyclic) bond motifs is 1. The van der Waals surface area contributed by atoms with Crippen molar-refractivity contribution in [3.05, 3.63) is 94.8 Å². The fourth-order valence-electron chi connectivity index (χ4n) is 2.83. The van der Waals surface area contributed by atoms with E-state index in [1.807, 2.05) is 0 Å². The second-order valence-corrected chi connectivity index (χ2v) is 7.81. The van der Waals surface area contributed by atoms with Gasteiger partial charge in [0, 0.05) is 11.9 Å². The SMILES string of the molecule is O=c1n(Cc2cccc(NS(=O)(=O)c3cccc(F)c3)c2)nc2ccccn12. The van der Waals surface area contributed by atoms with Gasteiger partial charge in [0.25, 0.3) is 10.0 Å². The summed E-state index contributed by atoms with van der Waals surface area (Å²) in [6.45, 7) is 0.177. The van der Waals surface area contributed by atoms with Gasteiger partial charge in [-0.2, -0.15) is 0 Å². The molecule has 2 heterocycles. The van der Waals surface area contributed by atoms with Crippen LogP contribution in [0.15, 0.2) is 82.6 Å². The fourth-order valence-corrected chi connectivity index (χ4v) is 3.91. The minimum Gasteiger partial charge on any atom is -0.280 e. The summed E-state index contributed by atoms with van der Waals surface area (Å²) in [7, 11) is -3.93. The fraction of sp³-hybridized carbons (Fsp3) is 0.0526. The number of benzene rings is 2. The minimum atomic E-state index is -3.93. The molecule has 0 aliphatic heterocycles. The number of nitrogens with zero attached hydrogens (tertiary/aromatic N) is 3.